The molecule has 118 valence electrons. The van der Waals surface area contributed by atoms with Gasteiger partial charge in [-0.3, -0.25) is 4.90 Å². The van der Waals surface area contributed by atoms with Crippen LogP contribution in [-0.4, -0.2) is 35.4 Å². The Hall–Kier alpha value is -1.68. The Kier molecular flexibility index (Phi) is 5.35. The van der Waals surface area contributed by atoms with E-state index in [2.05, 4.69) is 0 Å². The van der Waals surface area contributed by atoms with E-state index in [1.54, 1.807) is 4.90 Å². The summed E-state index contributed by atoms with van der Waals surface area (Å²) in [6.45, 7) is 1.89. The van der Waals surface area contributed by atoms with Crippen molar-refractivity contribution in [2.24, 2.45) is 5.92 Å². The lowest BCUT2D eigenvalue weighted by atomic mass is 9.76. The molecule has 2 aromatic carbocycles. The number of hydrogen-bond donors (Lipinski definition) is 2. The summed E-state index contributed by atoms with van der Waals surface area (Å²) in [6.07, 6.45) is -0.266. The normalized spacial score (nSPS) is 17.0. The van der Waals surface area contributed by atoms with Gasteiger partial charge in [0.15, 0.2) is 0 Å². The van der Waals surface area contributed by atoms with Gasteiger partial charge in [-0.2, -0.15) is 0 Å². The van der Waals surface area contributed by atoms with Gasteiger partial charge in [-0.25, -0.2) is 0 Å². The lowest BCUT2D eigenvalue weighted by Crippen LogP contribution is -2.47. The molecule has 3 unspecified atom stereocenters. The molecule has 0 radical (unpaired) electrons. The van der Waals surface area contributed by atoms with Crippen LogP contribution in [0.25, 0.3) is 0 Å². The molecule has 2 aromatic rings. The first-order valence-electron chi connectivity index (χ1n) is 7.61. The van der Waals surface area contributed by atoms with Crippen LogP contribution in [0.15, 0.2) is 60.7 Å². The van der Waals surface area contributed by atoms with Gasteiger partial charge in [-0.1, -0.05) is 67.6 Å². The molecule has 0 aliphatic heterocycles. The predicted molar refractivity (Wildman–Crippen MR) is 89.3 cm³/mol. The highest BCUT2D eigenvalue weighted by Gasteiger charge is 2.40. The van der Waals surface area contributed by atoms with Gasteiger partial charge in [0.25, 0.3) is 0 Å². The fourth-order valence-corrected chi connectivity index (χ4v) is 2.85. The number of hydrogen-bond acceptors (Lipinski definition) is 3. The second-order valence-corrected chi connectivity index (χ2v) is 6.12. The molecule has 22 heavy (non-hydrogen) atoms. The number of benzene rings is 2. The van der Waals surface area contributed by atoms with E-state index >= 15 is 0 Å². The van der Waals surface area contributed by atoms with Gasteiger partial charge in [0.05, 0.1) is 5.60 Å². The van der Waals surface area contributed by atoms with E-state index in [9.17, 15) is 10.2 Å². The predicted octanol–water partition coefficient (Wildman–Crippen LogP) is 2.63. The van der Waals surface area contributed by atoms with E-state index in [1.807, 2.05) is 81.7 Å². The van der Waals surface area contributed by atoms with Gasteiger partial charge in [0, 0.05) is 12.3 Å². The number of rotatable bonds is 6. The number of aliphatic hydroxyl groups is 2. The van der Waals surface area contributed by atoms with Crippen LogP contribution in [0.5, 0.6) is 0 Å². The summed E-state index contributed by atoms with van der Waals surface area (Å²) >= 11 is 0. The van der Waals surface area contributed by atoms with Crippen molar-refractivity contribution in [1.29, 1.82) is 0 Å². The van der Waals surface area contributed by atoms with Gasteiger partial charge in [-0.05, 0) is 25.2 Å². The maximum atomic E-state index is 11.4. The Balaban J connectivity index is 2.40. The second-order valence-electron chi connectivity index (χ2n) is 6.12. The topological polar surface area (TPSA) is 43.7 Å². The van der Waals surface area contributed by atoms with Crippen LogP contribution in [0.3, 0.4) is 0 Å². The number of nitrogens with zero attached hydrogens (tertiary/aromatic N) is 1. The highest BCUT2D eigenvalue weighted by Crippen LogP contribution is 2.35. The summed E-state index contributed by atoms with van der Waals surface area (Å²) in [5.74, 6) is -0.342. The highest BCUT2D eigenvalue weighted by molar-refractivity contribution is 5.28. The third kappa shape index (κ3) is 3.55. The zero-order valence-electron chi connectivity index (χ0n) is 13.5. The summed E-state index contributed by atoms with van der Waals surface area (Å²) < 4.78 is 0. The average Bonchev–Trinajstić information content (AvgIpc) is 2.55. The lowest BCUT2D eigenvalue weighted by molar-refractivity contribution is -0.112. The van der Waals surface area contributed by atoms with E-state index in [-0.39, 0.29) is 5.92 Å². The molecule has 0 heterocycles. The minimum atomic E-state index is -1.13. The molecule has 0 fully saturated rings. The zero-order chi connectivity index (χ0) is 16.2. The fourth-order valence-electron chi connectivity index (χ4n) is 2.85. The van der Waals surface area contributed by atoms with Crippen LogP contribution >= 0.6 is 0 Å². The van der Waals surface area contributed by atoms with Crippen molar-refractivity contribution < 1.29 is 10.2 Å². The van der Waals surface area contributed by atoms with Crippen LogP contribution < -0.4 is 0 Å². The molecule has 0 aliphatic carbocycles. The molecule has 3 nitrogen and oxygen atoms in total. The SMILES string of the molecule is CC(C(O)N(C)C)C(O)(Cc1ccccc1)c1ccccc1. The first-order chi connectivity index (χ1) is 10.4. The van der Waals surface area contributed by atoms with Crippen LogP contribution in [0.1, 0.15) is 18.1 Å². The molecule has 2 rings (SSSR count). The summed E-state index contributed by atoms with van der Waals surface area (Å²) in [5, 5.41) is 21.9. The zero-order valence-corrected chi connectivity index (χ0v) is 13.5. The minimum Gasteiger partial charge on any atom is -0.384 e. The molecule has 0 amide bonds. The van der Waals surface area contributed by atoms with Crippen LogP contribution in [0.2, 0.25) is 0 Å². The molecule has 3 atom stereocenters. The molecular weight excluding hydrogens is 274 g/mol. The van der Waals surface area contributed by atoms with Crippen LogP contribution in [0, 0.1) is 5.92 Å². The molecule has 0 bridgehead atoms. The Labute approximate surface area is 132 Å². The lowest BCUT2D eigenvalue weighted by Gasteiger charge is -2.39. The van der Waals surface area contributed by atoms with Gasteiger partial charge in [-0.15, -0.1) is 0 Å². The largest absolute Gasteiger partial charge is 0.384 e. The third-order valence-corrected chi connectivity index (χ3v) is 4.32. The summed E-state index contributed by atoms with van der Waals surface area (Å²) in [6, 6.07) is 19.5. The smallest absolute Gasteiger partial charge is 0.112 e. The summed E-state index contributed by atoms with van der Waals surface area (Å²) in [4.78, 5) is 1.73. The van der Waals surface area contributed by atoms with E-state index in [4.69, 9.17) is 0 Å². The van der Waals surface area contributed by atoms with E-state index in [1.165, 1.54) is 0 Å². The maximum absolute atomic E-state index is 11.4. The Morgan fingerprint density at radius 1 is 0.955 bits per heavy atom. The van der Waals surface area contributed by atoms with Crippen molar-refractivity contribution >= 4 is 0 Å². The molecular formula is C19H25NO2. The Bertz CT molecular complexity index is 571. The van der Waals surface area contributed by atoms with E-state index in [0.29, 0.717) is 6.42 Å². The summed E-state index contributed by atoms with van der Waals surface area (Å²) in [5.41, 5.74) is 0.741. The van der Waals surface area contributed by atoms with E-state index < -0.39 is 11.8 Å². The van der Waals surface area contributed by atoms with Crippen molar-refractivity contribution in [3.8, 4) is 0 Å². The average molecular weight is 299 g/mol. The van der Waals surface area contributed by atoms with Crippen LogP contribution in [0.4, 0.5) is 0 Å². The Morgan fingerprint density at radius 3 is 1.95 bits per heavy atom. The standard InChI is InChI=1S/C19H25NO2/c1-15(18(21)20(2)3)19(22,17-12-8-5-9-13-17)14-16-10-6-4-7-11-16/h4-13,15,18,21-22H,14H2,1-3H3. The molecule has 0 spiro atoms. The van der Waals surface area contributed by atoms with Gasteiger partial charge in [0.1, 0.15) is 6.23 Å². The first kappa shape index (κ1) is 16.7. The monoisotopic (exact) mass is 299 g/mol. The van der Waals surface area contributed by atoms with Crippen molar-refractivity contribution in [2.75, 3.05) is 14.1 Å². The molecule has 0 aromatic heterocycles. The van der Waals surface area contributed by atoms with Crippen molar-refractivity contribution in [2.45, 2.75) is 25.2 Å². The van der Waals surface area contributed by atoms with Gasteiger partial charge < -0.3 is 10.2 Å². The molecule has 0 saturated heterocycles. The van der Waals surface area contributed by atoms with Crippen LogP contribution in [-0.2, 0) is 12.0 Å². The molecule has 2 N–H and O–H groups in total. The summed E-state index contributed by atoms with van der Waals surface area (Å²) in [7, 11) is 3.63. The molecule has 0 saturated carbocycles. The third-order valence-electron chi connectivity index (χ3n) is 4.32. The number of aliphatic hydroxyl groups excluding tert-OH is 1. The van der Waals surface area contributed by atoms with Gasteiger partial charge in [0.2, 0.25) is 0 Å². The fraction of sp³-hybridized carbons (Fsp3) is 0.368. The Morgan fingerprint density at radius 2 is 1.45 bits per heavy atom. The second kappa shape index (κ2) is 7.05. The van der Waals surface area contributed by atoms with Crippen molar-refractivity contribution in [1.82, 2.24) is 4.90 Å². The molecule has 3 heteroatoms. The van der Waals surface area contributed by atoms with Crippen molar-refractivity contribution in [3.05, 3.63) is 71.8 Å². The maximum Gasteiger partial charge on any atom is 0.112 e. The first-order valence-corrected chi connectivity index (χ1v) is 7.61. The molecule has 0 aliphatic rings. The van der Waals surface area contributed by atoms with Crippen molar-refractivity contribution in [3.63, 3.8) is 0 Å². The quantitative estimate of drug-likeness (QED) is 0.806. The van der Waals surface area contributed by atoms with E-state index in [0.717, 1.165) is 11.1 Å². The minimum absolute atomic E-state index is 0.342. The van der Waals surface area contributed by atoms with Gasteiger partial charge >= 0.3 is 0 Å². The highest BCUT2D eigenvalue weighted by atomic mass is 16.3.